The van der Waals surface area contributed by atoms with Crippen molar-refractivity contribution in [3.8, 4) is 17.0 Å². The fourth-order valence-electron chi connectivity index (χ4n) is 2.28. The quantitative estimate of drug-likeness (QED) is 0.507. The Hall–Kier alpha value is -2.97. The number of halogens is 1. The largest absolute Gasteiger partial charge is 0.496 e. The van der Waals surface area contributed by atoms with Crippen LogP contribution in [0.2, 0.25) is 5.02 Å². The van der Waals surface area contributed by atoms with E-state index in [1.54, 1.807) is 12.5 Å². The number of non-ortho nitro benzene ring substituents is 1. The SMILES string of the molecule is COc1ccccc1-c1csc(NC(=O)c2cc([N+](=O)[O-])ccc2Cl)n1. The highest BCUT2D eigenvalue weighted by Gasteiger charge is 2.17. The second kappa shape index (κ2) is 7.51. The van der Waals surface area contributed by atoms with Gasteiger partial charge in [0, 0.05) is 23.1 Å². The third-order valence-electron chi connectivity index (χ3n) is 3.51. The van der Waals surface area contributed by atoms with E-state index >= 15 is 0 Å². The van der Waals surface area contributed by atoms with Gasteiger partial charge in [0.2, 0.25) is 0 Å². The van der Waals surface area contributed by atoms with Crippen molar-refractivity contribution >= 4 is 39.7 Å². The topological polar surface area (TPSA) is 94.4 Å². The normalized spacial score (nSPS) is 10.4. The third-order valence-corrected chi connectivity index (χ3v) is 4.60. The Morgan fingerprint density at radius 2 is 2.08 bits per heavy atom. The minimum atomic E-state index is -0.587. The van der Waals surface area contributed by atoms with Gasteiger partial charge in [0.05, 0.1) is 28.3 Å². The molecule has 9 heteroatoms. The minimum absolute atomic E-state index is 0.00917. The number of nitro benzene ring substituents is 1. The van der Waals surface area contributed by atoms with Gasteiger partial charge in [0.25, 0.3) is 11.6 Å². The van der Waals surface area contributed by atoms with Gasteiger partial charge in [-0.1, -0.05) is 23.7 Å². The van der Waals surface area contributed by atoms with Crippen LogP contribution in [0.1, 0.15) is 10.4 Å². The first-order chi connectivity index (χ1) is 12.5. The number of amides is 1. The number of nitrogens with one attached hydrogen (secondary N) is 1. The molecule has 1 N–H and O–H groups in total. The maximum atomic E-state index is 12.4. The number of carbonyl (C=O) groups is 1. The number of rotatable bonds is 5. The van der Waals surface area contributed by atoms with Crippen LogP contribution in [0.5, 0.6) is 5.75 Å². The van der Waals surface area contributed by atoms with Crippen LogP contribution in [0.4, 0.5) is 10.8 Å². The molecule has 0 bridgehead atoms. The molecule has 0 fully saturated rings. The van der Waals surface area contributed by atoms with Crippen LogP contribution >= 0.6 is 22.9 Å². The molecular formula is C17H12ClN3O4S. The highest BCUT2D eigenvalue weighted by atomic mass is 35.5. The van der Waals surface area contributed by atoms with Crippen molar-refractivity contribution in [1.29, 1.82) is 0 Å². The molecule has 0 saturated heterocycles. The number of para-hydroxylation sites is 1. The molecule has 3 aromatic rings. The van der Waals surface area contributed by atoms with Gasteiger partial charge in [-0.25, -0.2) is 4.98 Å². The second-order valence-electron chi connectivity index (χ2n) is 5.11. The van der Waals surface area contributed by atoms with Crippen molar-refractivity contribution < 1.29 is 14.5 Å². The summed E-state index contributed by atoms with van der Waals surface area (Å²) < 4.78 is 5.31. The number of nitrogens with zero attached hydrogens (tertiary/aromatic N) is 2. The molecule has 1 amide bonds. The summed E-state index contributed by atoms with van der Waals surface area (Å²) >= 11 is 7.21. The zero-order valence-electron chi connectivity index (χ0n) is 13.4. The number of thiazole rings is 1. The molecule has 0 radical (unpaired) electrons. The standard InChI is InChI=1S/C17H12ClN3O4S/c1-25-15-5-3-2-4-11(15)14-9-26-17(19-14)20-16(22)12-8-10(21(23)24)6-7-13(12)18/h2-9H,1H3,(H,19,20,22). The highest BCUT2D eigenvalue weighted by molar-refractivity contribution is 7.14. The van der Waals surface area contributed by atoms with E-state index in [-0.39, 0.29) is 16.3 Å². The molecule has 1 heterocycles. The van der Waals surface area contributed by atoms with E-state index in [1.807, 2.05) is 24.3 Å². The van der Waals surface area contributed by atoms with Crippen LogP contribution in [-0.2, 0) is 0 Å². The zero-order chi connectivity index (χ0) is 18.7. The van der Waals surface area contributed by atoms with Crippen LogP contribution in [0.3, 0.4) is 0 Å². The second-order valence-corrected chi connectivity index (χ2v) is 6.38. The number of benzene rings is 2. The van der Waals surface area contributed by atoms with Crippen molar-refractivity contribution in [3.05, 3.63) is 68.5 Å². The van der Waals surface area contributed by atoms with Crippen LogP contribution in [0, 0.1) is 10.1 Å². The van der Waals surface area contributed by atoms with Crippen molar-refractivity contribution in [3.63, 3.8) is 0 Å². The third kappa shape index (κ3) is 3.66. The van der Waals surface area contributed by atoms with Crippen molar-refractivity contribution in [2.75, 3.05) is 12.4 Å². The lowest BCUT2D eigenvalue weighted by molar-refractivity contribution is -0.384. The number of methoxy groups -OCH3 is 1. The molecule has 26 heavy (non-hydrogen) atoms. The summed E-state index contributed by atoms with van der Waals surface area (Å²) in [6.07, 6.45) is 0. The molecule has 0 spiro atoms. The molecule has 0 aliphatic rings. The van der Waals surface area contributed by atoms with Crippen LogP contribution in [0.25, 0.3) is 11.3 Å². The summed E-state index contributed by atoms with van der Waals surface area (Å²) in [5, 5.41) is 15.7. The molecule has 0 atom stereocenters. The summed E-state index contributed by atoms with van der Waals surface area (Å²) in [5.74, 6) is 0.0945. The van der Waals surface area contributed by atoms with E-state index in [0.29, 0.717) is 16.6 Å². The fourth-order valence-corrected chi connectivity index (χ4v) is 3.19. The van der Waals surface area contributed by atoms with Gasteiger partial charge in [0.15, 0.2) is 5.13 Å². The molecule has 7 nitrogen and oxygen atoms in total. The predicted molar refractivity (Wildman–Crippen MR) is 100 cm³/mol. The summed E-state index contributed by atoms with van der Waals surface area (Å²) in [6, 6.07) is 11.1. The first kappa shape index (κ1) is 17.8. The molecule has 0 saturated carbocycles. The van der Waals surface area contributed by atoms with Crippen LogP contribution < -0.4 is 10.1 Å². The average Bonchev–Trinajstić information content (AvgIpc) is 3.10. The Kier molecular flexibility index (Phi) is 5.15. The van der Waals surface area contributed by atoms with E-state index in [9.17, 15) is 14.9 Å². The molecule has 0 aliphatic carbocycles. The van der Waals surface area contributed by atoms with Gasteiger partial charge in [-0.2, -0.15) is 0 Å². The molecule has 3 rings (SSSR count). The Balaban J connectivity index is 1.85. The van der Waals surface area contributed by atoms with E-state index in [4.69, 9.17) is 16.3 Å². The summed E-state index contributed by atoms with van der Waals surface area (Å²) in [5.41, 5.74) is 1.23. The van der Waals surface area contributed by atoms with Gasteiger partial charge in [-0.05, 0) is 18.2 Å². The van der Waals surface area contributed by atoms with Crippen molar-refractivity contribution in [2.24, 2.45) is 0 Å². The Bertz CT molecular complexity index is 990. The maximum Gasteiger partial charge on any atom is 0.270 e. The Labute approximate surface area is 157 Å². The van der Waals surface area contributed by atoms with Crippen molar-refractivity contribution in [2.45, 2.75) is 0 Å². The van der Waals surface area contributed by atoms with E-state index in [0.717, 1.165) is 11.6 Å². The number of hydrogen-bond donors (Lipinski definition) is 1. The summed E-state index contributed by atoms with van der Waals surface area (Å²) in [4.78, 5) is 27.1. The number of hydrogen-bond acceptors (Lipinski definition) is 6. The smallest absolute Gasteiger partial charge is 0.270 e. The average molecular weight is 390 g/mol. The lowest BCUT2D eigenvalue weighted by Gasteiger charge is -2.05. The Morgan fingerprint density at radius 1 is 1.31 bits per heavy atom. The lowest BCUT2D eigenvalue weighted by Crippen LogP contribution is -2.12. The highest BCUT2D eigenvalue weighted by Crippen LogP contribution is 2.32. The number of aromatic nitrogens is 1. The molecule has 1 aromatic heterocycles. The van der Waals surface area contributed by atoms with Gasteiger partial charge < -0.3 is 4.74 Å². The molecule has 132 valence electrons. The van der Waals surface area contributed by atoms with Crippen molar-refractivity contribution in [1.82, 2.24) is 4.98 Å². The van der Waals surface area contributed by atoms with Crippen LogP contribution in [-0.4, -0.2) is 22.9 Å². The number of anilines is 1. The van der Waals surface area contributed by atoms with E-state index in [2.05, 4.69) is 10.3 Å². The predicted octanol–water partition coefficient (Wildman–Crippen LogP) is 4.63. The first-order valence-corrected chi connectivity index (χ1v) is 8.59. The van der Waals surface area contributed by atoms with Gasteiger partial charge in [-0.3, -0.25) is 20.2 Å². The van der Waals surface area contributed by atoms with Gasteiger partial charge >= 0.3 is 0 Å². The molecular weight excluding hydrogens is 378 g/mol. The monoisotopic (exact) mass is 389 g/mol. The zero-order valence-corrected chi connectivity index (χ0v) is 15.0. The van der Waals surface area contributed by atoms with Gasteiger partial charge in [0.1, 0.15) is 5.75 Å². The van der Waals surface area contributed by atoms with Gasteiger partial charge in [-0.15, -0.1) is 11.3 Å². The maximum absolute atomic E-state index is 12.4. The number of carbonyl (C=O) groups excluding carboxylic acids is 1. The van der Waals surface area contributed by atoms with E-state index < -0.39 is 10.8 Å². The van der Waals surface area contributed by atoms with Crippen LogP contribution in [0.15, 0.2) is 47.8 Å². The summed E-state index contributed by atoms with van der Waals surface area (Å²) in [7, 11) is 1.57. The number of ether oxygens (including phenoxy) is 1. The molecule has 2 aromatic carbocycles. The Morgan fingerprint density at radius 3 is 2.81 bits per heavy atom. The molecule has 0 unspecified atom stereocenters. The number of nitro groups is 1. The van der Waals surface area contributed by atoms with E-state index in [1.165, 1.54) is 23.5 Å². The lowest BCUT2D eigenvalue weighted by atomic mass is 10.1. The summed E-state index contributed by atoms with van der Waals surface area (Å²) in [6.45, 7) is 0. The first-order valence-electron chi connectivity index (χ1n) is 7.34. The minimum Gasteiger partial charge on any atom is -0.496 e. The fraction of sp³-hybridized carbons (Fsp3) is 0.0588. The molecule has 0 aliphatic heterocycles.